The standard InChI is InChI=1S/C21H24N6S/c1-15-7-9-22-18(10-15)26-11-21(12-26)13-27(14-21)20(28)25-24-17-6-2-4-16-5-3-8-23-19(16)17/h3,5,7-10H,2,4,6,11-14H2,1H3,(H,25,28)/b24-17-. The molecule has 0 saturated carbocycles. The van der Waals surface area contributed by atoms with E-state index >= 15 is 0 Å². The monoisotopic (exact) mass is 392 g/mol. The second-order valence-corrected chi connectivity index (χ2v) is 8.63. The molecule has 3 aliphatic rings. The Morgan fingerprint density at radius 2 is 2.00 bits per heavy atom. The molecule has 0 bridgehead atoms. The highest BCUT2D eigenvalue weighted by Gasteiger charge is 2.52. The summed E-state index contributed by atoms with van der Waals surface area (Å²) in [4.78, 5) is 13.6. The van der Waals surface area contributed by atoms with E-state index in [1.165, 1.54) is 11.1 Å². The van der Waals surface area contributed by atoms with Crippen molar-refractivity contribution in [2.24, 2.45) is 10.5 Å². The number of aromatic nitrogens is 2. The molecule has 0 radical (unpaired) electrons. The van der Waals surface area contributed by atoms with Crippen LogP contribution in [-0.4, -0.2) is 51.9 Å². The van der Waals surface area contributed by atoms with E-state index in [1.807, 2.05) is 24.5 Å². The van der Waals surface area contributed by atoms with E-state index in [0.717, 1.165) is 62.7 Å². The molecule has 0 aromatic carbocycles. The maximum Gasteiger partial charge on any atom is 0.189 e. The molecule has 5 rings (SSSR count). The van der Waals surface area contributed by atoms with Gasteiger partial charge in [0.15, 0.2) is 5.11 Å². The van der Waals surface area contributed by atoms with Crippen LogP contribution in [0.15, 0.2) is 41.8 Å². The number of rotatable bonds is 2. The Bertz CT molecular complexity index is 941. The zero-order valence-electron chi connectivity index (χ0n) is 16.1. The van der Waals surface area contributed by atoms with E-state index in [1.54, 1.807) is 0 Å². The van der Waals surface area contributed by atoms with Gasteiger partial charge in [-0.3, -0.25) is 10.4 Å². The number of fused-ring (bicyclic) bond motifs is 1. The van der Waals surface area contributed by atoms with E-state index < -0.39 is 0 Å². The van der Waals surface area contributed by atoms with Gasteiger partial charge in [0.05, 0.1) is 11.4 Å². The Balaban J connectivity index is 1.16. The summed E-state index contributed by atoms with van der Waals surface area (Å²) >= 11 is 5.57. The highest BCUT2D eigenvalue weighted by Crippen LogP contribution is 2.41. The predicted octanol–water partition coefficient (Wildman–Crippen LogP) is 2.52. The van der Waals surface area contributed by atoms with Crippen LogP contribution in [0.5, 0.6) is 0 Å². The zero-order chi connectivity index (χ0) is 19.1. The SMILES string of the molecule is Cc1ccnc(N2CC3(CN(C(=S)N/N=C4/CCCc5cccnc54)C3)C2)c1. The number of aryl methyl sites for hydroxylation is 2. The molecule has 144 valence electrons. The summed E-state index contributed by atoms with van der Waals surface area (Å²) in [5, 5.41) is 5.31. The molecule has 2 aromatic heterocycles. The average Bonchev–Trinajstić information content (AvgIpc) is 2.64. The second-order valence-electron chi connectivity index (χ2n) is 8.24. The molecule has 2 aromatic rings. The summed E-state index contributed by atoms with van der Waals surface area (Å²) in [6.45, 7) is 6.18. The number of thiocarbonyl (C=S) groups is 1. The molecule has 0 unspecified atom stereocenters. The van der Waals surface area contributed by atoms with Crippen LogP contribution in [0.3, 0.4) is 0 Å². The van der Waals surface area contributed by atoms with Gasteiger partial charge in [0.25, 0.3) is 0 Å². The van der Waals surface area contributed by atoms with Crippen LogP contribution in [0.2, 0.25) is 0 Å². The van der Waals surface area contributed by atoms with Crippen LogP contribution >= 0.6 is 12.2 Å². The van der Waals surface area contributed by atoms with Crippen molar-refractivity contribution in [3.05, 3.63) is 53.5 Å². The first kappa shape index (κ1) is 17.6. The number of nitrogens with zero attached hydrogens (tertiary/aromatic N) is 5. The number of pyridine rings is 2. The van der Waals surface area contributed by atoms with Crippen LogP contribution in [0.25, 0.3) is 0 Å². The lowest BCUT2D eigenvalue weighted by Gasteiger charge is -2.60. The van der Waals surface area contributed by atoms with E-state index in [9.17, 15) is 0 Å². The topological polar surface area (TPSA) is 56.7 Å². The largest absolute Gasteiger partial charge is 0.355 e. The molecule has 1 spiro atoms. The minimum absolute atomic E-state index is 0.350. The molecule has 28 heavy (non-hydrogen) atoms. The molecule has 1 aliphatic carbocycles. The van der Waals surface area contributed by atoms with Gasteiger partial charge in [-0.15, -0.1) is 0 Å². The van der Waals surface area contributed by atoms with Gasteiger partial charge in [-0.05, 0) is 67.7 Å². The van der Waals surface area contributed by atoms with E-state index in [2.05, 4.69) is 49.4 Å². The fourth-order valence-corrected chi connectivity index (χ4v) is 4.66. The maximum absolute atomic E-state index is 5.57. The van der Waals surface area contributed by atoms with Crippen molar-refractivity contribution >= 4 is 28.9 Å². The highest BCUT2D eigenvalue weighted by molar-refractivity contribution is 7.80. The Kier molecular flexibility index (Phi) is 4.27. The summed E-state index contributed by atoms with van der Waals surface area (Å²) in [5.74, 6) is 1.08. The molecule has 1 N–H and O–H groups in total. The van der Waals surface area contributed by atoms with Crippen molar-refractivity contribution in [3.8, 4) is 0 Å². The first-order chi connectivity index (χ1) is 13.6. The normalized spacial score (nSPS) is 21.1. The van der Waals surface area contributed by atoms with Crippen molar-refractivity contribution in [2.75, 3.05) is 31.1 Å². The highest BCUT2D eigenvalue weighted by atomic mass is 32.1. The second kappa shape index (κ2) is 6.81. The number of hydrazone groups is 1. The zero-order valence-corrected chi connectivity index (χ0v) is 16.9. The summed E-state index contributed by atoms with van der Waals surface area (Å²) in [7, 11) is 0. The number of hydrogen-bond donors (Lipinski definition) is 1. The maximum atomic E-state index is 5.57. The predicted molar refractivity (Wildman–Crippen MR) is 115 cm³/mol. The van der Waals surface area contributed by atoms with Crippen LogP contribution < -0.4 is 10.3 Å². The van der Waals surface area contributed by atoms with E-state index in [4.69, 9.17) is 12.2 Å². The molecule has 2 aliphatic heterocycles. The Labute approximate surface area is 170 Å². The van der Waals surface area contributed by atoms with Crippen molar-refractivity contribution in [2.45, 2.75) is 26.2 Å². The number of likely N-dealkylation sites (tertiary alicyclic amines) is 1. The van der Waals surface area contributed by atoms with Gasteiger partial charge in [-0.1, -0.05) is 6.07 Å². The Hall–Kier alpha value is -2.54. The molecule has 2 fully saturated rings. The smallest absolute Gasteiger partial charge is 0.189 e. The van der Waals surface area contributed by atoms with Crippen LogP contribution in [0.1, 0.15) is 29.7 Å². The van der Waals surface area contributed by atoms with Crippen molar-refractivity contribution in [1.82, 2.24) is 20.3 Å². The first-order valence-electron chi connectivity index (χ1n) is 9.85. The average molecular weight is 393 g/mol. The minimum atomic E-state index is 0.350. The molecule has 6 nitrogen and oxygen atoms in total. The summed E-state index contributed by atoms with van der Waals surface area (Å²) < 4.78 is 0. The van der Waals surface area contributed by atoms with Gasteiger partial charge < -0.3 is 9.80 Å². The van der Waals surface area contributed by atoms with Crippen molar-refractivity contribution in [1.29, 1.82) is 0 Å². The van der Waals surface area contributed by atoms with Gasteiger partial charge in [0, 0.05) is 44.0 Å². The fourth-order valence-electron chi connectivity index (χ4n) is 4.49. The lowest BCUT2D eigenvalue weighted by Crippen LogP contribution is -2.73. The third kappa shape index (κ3) is 3.13. The molecule has 0 amide bonds. The van der Waals surface area contributed by atoms with Crippen LogP contribution in [0, 0.1) is 12.3 Å². The fraction of sp³-hybridized carbons (Fsp3) is 0.429. The third-order valence-electron chi connectivity index (χ3n) is 5.93. The van der Waals surface area contributed by atoms with Gasteiger partial charge in [-0.2, -0.15) is 5.10 Å². The van der Waals surface area contributed by atoms with Gasteiger partial charge in [-0.25, -0.2) is 4.98 Å². The number of hydrogen-bond acceptors (Lipinski definition) is 5. The molecular weight excluding hydrogens is 368 g/mol. The molecule has 2 saturated heterocycles. The van der Waals surface area contributed by atoms with Gasteiger partial charge in [0.2, 0.25) is 0 Å². The van der Waals surface area contributed by atoms with Gasteiger partial charge in [0.1, 0.15) is 5.82 Å². The lowest BCUT2D eigenvalue weighted by atomic mass is 9.73. The Morgan fingerprint density at radius 1 is 1.14 bits per heavy atom. The molecule has 0 atom stereocenters. The van der Waals surface area contributed by atoms with Crippen LogP contribution in [-0.2, 0) is 6.42 Å². The van der Waals surface area contributed by atoms with E-state index in [0.29, 0.717) is 10.5 Å². The molecular formula is C21H24N6S. The minimum Gasteiger partial charge on any atom is -0.355 e. The third-order valence-corrected chi connectivity index (χ3v) is 6.28. The van der Waals surface area contributed by atoms with Crippen molar-refractivity contribution in [3.63, 3.8) is 0 Å². The molecule has 7 heteroatoms. The number of nitrogens with one attached hydrogen (secondary N) is 1. The summed E-state index contributed by atoms with van der Waals surface area (Å²) in [6.07, 6.45) is 6.86. The summed E-state index contributed by atoms with van der Waals surface area (Å²) in [6, 6.07) is 8.32. The Morgan fingerprint density at radius 3 is 2.82 bits per heavy atom. The lowest BCUT2D eigenvalue weighted by molar-refractivity contribution is 0.0283. The van der Waals surface area contributed by atoms with Gasteiger partial charge >= 0.3 is 0 Å². The molecule has 4 heterocycles. The van der Waals surface area contributed by atoms with E-state index in [-0.39, 0.29) is 0 Å². The number of anilines is 1. The quantitative estimate of drug-likeness (QED) is 0.626. The van der Waals surface area contributed by atoms with Crippen LogP contribution in [0.4, 0.5) is 5.82 Å². The first-order valence-corrected chi connectivity index (χ1v) is 10.3. The summed E-state index contributed by atoms with van der Waals surface area (Å²) in [5.41, 5.74) is 8.03. The van der Waals surface area contributed by atoms with Crippen molar-refractivity contribution < 1.29 is 0 Å².